The van der Waals surface area contributed by atoms with Crippen LogP contribution in [-0.2, 0) is 11.3 Å². The molecule has 8 nitrogen and oxygen atoms in total. The molecule has 0 radical (unpaired) electrons. The minimum absolute atomic E-state index is 0.0419. The minimum Gasteiger partial charge on any atom is -0.351 e. The maximum atomic E-state index is 13.9. The Labute approximate surface area is 198 Å². The number of amides is 3. The molecule has 1 unspecified atom stereocenters. The van der Waals surface area contributed by atoms with E-state index >= 15 is 0 Å². The highest BCUT2D eigenvalue weighted by Crippen LogP contribution is 2.29. The summed E-state index contributed by atoms with van der Waals surface area (Å²) in [5.74, 6) is -1.48. The zero-order valence-electron chi connectivity index (χ0n) is 20.0. The molecular formula is C25H32FN5O3. The third-order valence-electron chi connectivity index (χ3n) is 6.87. The fraction of sp³-hybridized carbons (Fsp3) is 0.520. The minimum atomic E-state index is -1.11. The lowest BCUT2D eigenvalue weighted by Gasteiger charge is -2.43. The zero-order chi connectivity index (χ0) is 24.5. The maximum absolute atomic E-state index is 13.9. The highest BCUT2D eigenvalue weighted by Gasteiger charge is 2.48. The van der Waals surface area contributed by atoms with Gasteiger partial charge in [0, 0.05) is 24.3 Å². The summed E-state index contributed by atoms with van der Waals surface area (Å²) in [7, 11) is 0. The molecule has 2 aromatic rings. The summed E-state index contributed by atoms with van der Waals surface area (Å²) in [6.45, 7) is 6.04. The SMILES string of the molecule is CCCCN1C(=O)c2cc(C(=O)Nc3ccc(C)c(F)c3)nn2CC1(C)C(=O)NC1CCCC1. The predicted molar refractivity (Wildman–Crippen MR) is 126 cm³/mol. The van der Waals surface area contributed by atoms with Crippen LogP contribution in [0.1, 0.15) is 78.9 Å². The standard InChI is InChI=1S/C25H32FN5O3/c1-4-5-12-30-23(33)21-14-20(22(32)27-18-11-10-16(2)19(26)13-18)29-31(21)15-25(30,3)24(34)28-17-8-6-7-9-17/h10-11,13-14,17H,4-9,12,15H2,1-3H3,(H,27,32)(H,28,34). The van der Waals surface area contributed by atoms with E-state index in [0.717, 1.165) is 38.5 Å². The Morgan fingerprint density at radius 2 is 1.97 bits per heavy atom. The maximum Gasteiger partial charge on any atom is 0.276 e. The van der Waals surface area contributed by atoms with Gasteiger partial charge in [0.25, 0.3) is 11.8 Å². The van der Waals surface area contributed by atoms with Crippen LogP contribution in [0.15, 0.2) is 24.3 Å². The number of unbranched alkanes of at least 4 members (excludes halogenated alkanes) is 1. The molecule has 1 atom stereocenters. The van der Waals surface area contributed by atoms with Crippen LogP contribution in [0.3, 0.4) is 0 Å². The Balaban J connectivity index is 1.59. The van der Waals surface area contributed by atoms with Gasteiger partial charge < -0.3 is 15.5 Å². The number of carbonyl (C=O) groups is 3. The first-order valence-electron chi connectivity index (χ1n) is 12.0. The summed E-state index contributed by atoms with van der Waals surface area (Å²) in [5, 5.41) is 10.1. The fourth-order valence-electron chi connectivity index (χ4n) is 4.70. The number of aryl methyl sites for hydroxylation is 1. The average Bonchev–Trinajstić information content (AvgIpc) is 3.46. The van der Waals surface area contributed by atoms with Crippen molar-refractivity contribution in [3.63, 3.8) is 0 Å². The molecule has 0 spiro atoms. The molecule has 4 rings (SSSR count). The van der Waals surface area contributed by atoms with E-state index in [1.807, 2.05) is 6.92 Å². The number of anilines is 1. The molecule has 1 aliphatic heterocycles. The number of hydrogen-bond acceptors (Lipinski definition) is 4. The molecule has 1 aliphatic carbocycles. The lowest BCUT2D eigenvalue weighted by molar-refractivity contribution is -0.133. The number of nitrogens with one attached hydrogen (secondary N) is 2. The summed E-state index contributed by atoms with van der Waals surface area (Å²) in [6, 6.07) is 5.99. The first-order valence-corrected chi connectivity index (χ1v) is 12.0. The molecule has 1 saturated carbocycles. The van der Waals surface area contributed by atoms with E-state index in [4.69, 9.17) is 0 Å². The van der Waals surface area contributed by atoms with E-state index in [-0.39, 0.29) is 35.8 Å². The van der Waals surface area contributed by atoms with Gasteiger partial charge in [0.2, 0.25) is 5.91 Å². The summed E-state index contributed by atoms with van der Waals surface area (Å²) in [4.78, 5) is 41.3. The Morgan fingerprint density at radius 3 is 2.65 bits per heavy atom. The van der Waals surface area contributed by atoms with Crippen molar-refractivity contribution in [3.8, 4) is 0 Å². The first-order chi connectivity index (χ1) is 16.2. The molecule has 2 heterocycles. The smallest absolute Gasteiger partial charge is 0.276 e. The van der Waals surface area contributed by atoms with Crippen LogP contribution in [0.25, 0.3) is 0 Å². The summed E-state index contributed by atoms with van der Waals surface area (Å²) in [5.41, 5.74) is -0.0244. The van der Waals surface area contributed by atoms with Crippen molar-refractivity contribution in [1.82, 2.24) is 20.0 Å². The quantitative estimate of drug-likeness (QED) is 0.647. The van der Waals surface area contributed by atoms with Crippen LogP contribution in [0, 0.1) is 12.7 Å². The van der Waals surface area contributed by atoms with Crippen LogP contribution in [-0.4, -0.2) is 50.5 Å². The van der Waals surface area contributed by atoms with Gasteiger partial charge in [-0.25, -0.2) is 4.39 Å². The predicted octanol–water partition coefficient (Wildman–Crippen LogP) is 3.66. The van der Waals surface area contributed by atoms with Crippen molar-refractivity contribution in [2.24, 2.45) is 0 Å². The number of nitrogens with zero attached hydrogens (tertiary/aromatic N) is 3. The molecular weight excluding hydrogens is 437 g/mol. The van der Waals surface area contributed by atoms with E-state index in [2.05, 4.69) is 15.7 Å². The van der Waals surface area contributed by atoms with Gasteiger partial charge in [0.05, 0.1) is 6.54 Å². The molecule has 2 aliphatic rings. The Bertz CT molecular complexity index is 1110. The van der Waals surface area contributed by atoms with Crippen molar-refractivity contribution in [2.45, 2.75) is 77.4 Å². The van der Waals surface area contributed by atoms with Crippen LogP contribution in [0.2, 0.25) is 0 Å². The summed E-state index contributed by atoms with van der Waals surface area (Å²) >= 11 is 0. The third kappa shape index (κ3) is 4.56. The Hall–Kier alpha value is -3.23. The average molecular weight is 470 g/mol. The number of carbonyl (C=O) groups excluding carboxylic acids is 3. The lowest BCUT2D eigenvalue weighted by Crippen LogP contribution is -2.65. The molecule has 3 amide bonds. The van der Waals surface area contributed by atoms with Crippen LogP contribution >= 0.6 is 0 Å². The van der Waals surface area contributed by atoms with Crippen molar-refractivity contribution in [1.29, 1.82) is 0 Å². The molecule has 182 valence electrons. The van der Waals surface area contributed by atoms with Crippen molar-refractivity contribution >= 4 is 23.4 Å². The molecule has 9 heteroatoms. The van der Waals surface area contributed by atoms with Gasteiger partial charge in [0.15, 0.2) is 5.69 Å². The van der Waals surface area contributed by atoms with Gasteiger partial charge in [-0.3, -0.25) is 19.1 Å². The zero-order valence-corrected chi connectivity index (χ0v) is 20.0. The highest BCUT2D eigenvalue weighted by molar-refractivity contribution is 6.06. The van der Waals surface area contributed by atoms with Gasteiger partial charge in [0.1, 0.15) is 17.1 Å². The number of hydrogen-bond donors (Lipinski definition) is 2. The van der Waals surface area contributed by atoms with Gasteiger partial charge in [-0.05, 0) is 50.8 Å². The van der Waals surface area contributed by atoms with Crippen molar-refractivity contribution in [2.75, 3.05) is 11.9 Å². The number of halogens is 1. The van der Waals surface area contributed by atoms with Gasteiger partial charge >= 0.3 is 0 Å². The largest absolute Gasteiger partial charge is 0.351 e. The van der Waals surface area contributed by atoms with Crippen molar-refractivity contribution < 1.29 is 18.8 Å². The van der Waals surface area contributed by atoms with E-state index in [0.29, 0.717) is 17.8 Å². The normalized spacial score (nSPS) is 20.4. The number of benzene rings is 1. The van der Waals surface area contributed by atoms with E-state index in [1.54, 1.807) is 30.9 Å². The van der Waals surface area contributed by atoms with Crippen LogP contribution in [0.5, 0.6) is 0 Å². The fourth-order valence-corrected chi connectivity index (χ4v) is 4.70. The topological polar surface area (TPSA) is 96.3 Å². The highest BCUT2D eigenvalue weighted by atomic mass is 19.1. The van der Waals surface area contributed by atoms with E-state index in [9.17, 15) is 18.8 Å². The van der Waals surface area contributed by atoms with Gasteiger partial charge in [-0.15, -0.1) is 0 Å². The second-order valence-corrected chi connectivity index (χ2v) is 9.53. The molecule has 1 aromatic heterocycles. The summed E-state index contributed by atoms with van der Waals surface area (Å²) in [6.07, 6.45) is 5.71. The van der Waals surface area contributed by atoms with E-state index in [1.165, 1.54) is 16.8 Å². The van der Waals surface area contributed by atoms with E-state index < -0.39 is 17.3 Å². The molecule has 2 N–H and O–H groups in total. The number of fused-ring (bicyclic) bond motifs is 1. The van der Waals surface area contributed by atoms with Gasteiger partial charge in [-0.1, -0.05) is 32.3 Å². The lowest BCUT2D eigenvalue weighted by atomic mass is 9.94. The Morgan fingerprint density at radius 1 is 1.24 bits per heavy atom. The number of rotatable bonds is 7. The molecule has 0 bridgehead atoms. The molecule has 1 fully saturated rings. The molecule has 1 aromatic carbocycles. The van der Waals surface area contributed by atoms with Crippen LogP contribution in [0.4, 0.5) is 10.1 Å². The Kier molecular flexibility index (Phi) is 6.72. The van der Waals surface area contributed by atoms with Crippen LogP contribution < -0.4 is 10.6 Å². The number of aromatic nitrogens is 2. The van der Waals surface area contributed by atoms with Crippen molar-refractivity contribution in [3.05, 3.63) is 47.0 Å². The third-order valence-corrected chi connectivity index (χ3v) is 6.87. The second kappa shape index (κ2) is 9.56. The molecule has 0 saturated heterocycles. The summed E-state index contributed by atoms with van der Waals surface area (Å²) < 4.78 is 15.3. The monoisotopic (exact) mass is 469 g/mol. The molecule has 34 heavy (non-hydrogen) atoms. The van der Waals surface area contributed by atoms with Gasteiger partial charge in [-0.2, -0.15) is 5.10 Å². The second-order valence-electron chi connectivity index (χ2n) is 9.53. The first kappa shape index (κ1) is 23.9.